The number of rotatable bonds is 5. The van der Waals surface area contributed by atoms with Crippen LogP contribution in [0.5, 0.6) is 0 Å². The number of hydrogen-bond acceptors (Lipinski definition) is 2. The molecule has 0 aliphatic carbocycles. The van der Waals surface area contributed by atoms with Crippen molar-refractivity contribution in [3.63, 3.8) is 0 Å². The molecule has 0 spiro atoms. The summed E-state index contributed by atoms with van der Waals surface area (Å²) in [5.74, 6) is -0.662. The van der Waals surface area contributed by atoms with Gasteiger partial charge in [-0.2, -0.15) is 0 Å². The lowest BCUT2D eigenvalue weighted by Gasteiger charge is -2.29. The van der Waals surface area contributed by atoms with Crippen molar-refractivity contribution < 1.29 is 9.18 Å². The van der Waals surface area contributed by atoms with Gasteiger partial charge in [-0.15, -0.1) is 0 Å². The summed E-state index contributed by atoms with van der Waals surface area (Å²) in [4.78, 5) is 14.3. The topological polar surface area (TPSA) is 32.3 Å². The summed E-state index contributed by atoms with van der Waals surface area (Å²) in [6.07, 6.45) is 0. The molecular weight excluding hydrogens is 279 g/mol. The summed E-state index contributed by atoms with van der Waals surface area (Å²) in [6, 6.07) is 14.3. The molecule has 2 rings (SSSR count). The van der Waals surface area contributed by atoms with E-state index in [0.717, 1.165) is 11.3 Å². The quantitative estimate of drug-likeness (QED) is 0.905. The van der Waals surface area contributed by atoms with Gasteiger partial charge in [0, 0.05) is 11.7 Å². The molecular formula is C18H21FN2O. The molecule has 116 valence electrons. The number of carbonyl (C=O) groups excluding carboxylic acids is 1. The van der Waals surface area contributed by atoms with E-state index in [2.05, 4.69) is 5.32 Å². The maximum absolute atomic E-state index is 13.6. The first-order valence-corrected chi connectivity index (χ1v) is 7.35. The molecule has 2 aromatic carbocycles. The Hall–Kier alpha value is -2.36. The summed E-state index contributed by atoms with van der Waals surface area (Å²) in [5.41, 5.74) is 2.33. The van der Waals surface area contributed by atoms with Gasteiger partial charge < -0.3 is 10.2 Å². The smallest absolute Gasteiger partial charge is 0.243 e. The van der Waals surface area contributed by atoms with Crippen molar-refractivity contribution in [3.05, 3.63) is 59.9 Å². The molecule has 1 amide bonds. The van der Waals surface area contributed by atoms with Gasteiger partial charge in [-0.05, 0) is 44.5 Å². The second-order valence-corrected chi connectivity index (χ2v) is 5.54. The first-order valence-electron chi connectivity index (χ1n) is 7.35. The first-order chi connectivity index (χ1) is 10.5. The fourth-order valence-electron chi connectivity index (χ4n) is 2.34. The number of para-hydroxylation sites is 2. The lowest BCUT2D eigenvalue weighted by Crippen LogP contribution is -2.38. The molecule has 0 bridgehead atoms. The lowest BCUT2D eigenvalue weighted by atomic mass is 10.1. The summed E-state index contributed by atoms with van der Waals surface area (Å²) in [6.45, 7) is 6.25. The zero-order valence-electron chi connectivity index (χ0n) is 13.1. The molecule has 3 nitrogen and oxygen atoms in total. The van der Waals surface area contributed by atoms with E-state index in [4.69, 9.17) is 0 Å². The van der Waals surface area contributed by atoms with Gasteiger partial charge in [0.05, 0.1) is 12.2 Å². The van der Waals surface area contributed by atoms with Crippen molar-refractivity contribution in [2.75, 3.05) is 16.8 Å². The summed E-state index contributed by atoms with van der Waals surface area (Å²) in [7, 11) is 0. The Balaban J connectivity index is 2.14. The SMILES string of the molecule is Cc1ccccc1N(CC(=O)Nc1ccccc1F)C(C)C. The van der Waals surface area contributed by atoms with Gasteiger partial charge >= 0.3 is 0 Å². The van der Waals surface area contributed by atoms with Gasteiger partial charge in [-0.25, -0.2) is 4.39 Å². The number of benzene rings is 2. The molecule has 2 aromatic rings. The summed E-state index contributed by atoms with van der Waals surface area (Å²) >= 11 is 0. The second kappa shape index (κ2) is 7.07. The second-order valence-electron chi connectivity index (χ2n) is 5.54. The van der Waals surface area contributed by atoms with E-state index < -0.39 is 5.82 Å². The van der Waals surface area contributed by atoms with Crippen LogP contribution in [0, 0.1) is 12.7 Å². The first kappa shape index (κ1) is 16.0. The zero-order chi connectivity index (χ0) is 16.1. The number of anilines is 2. The van der Waals surface area contributed by atoms with Gasteiger partial charge in [0.2, 0.25) is 5.91 Å². The van der Waals surface area contributed by atoms with Crippen molar-refractivity contribution >= 4 is 17.3 Å². The largest absolute Gasteiger partial charge is 0.360 e. The van der Waals surface area contributed by atoms with E-state index in [1.165, 1.54) is 6.07 Å². The maximum atomic E-state index is 13.6. The van der Waals surface area contributed by atoms with Crippen LogP contribution in [0.3, 0.4) is 0 Å². The van der Waals surface area contributed by atoms with Crippen LogP contribution in [0.25, 0.3) is 0 Å². The third-order valence-corrected chi connectivity index (χ3v) is 3.51. The van der Waals surface area contributed by atoms with Crippen LogP contribution >= 0.6 is 0 Å². The average molecular weight is 300 g/mol. The number of amides is 1. The van der Waals surface area contributed by atoms with Crippen molar-refractivity contribution in [2.45, 2.75) is 26.8 Å². The Morgan fingerprint density at radius 3 is 2.41 bits per heavy atom. The molecule has 0 heterocycles. The lowest BCUT2D eigenvalue weighted by molar-refractivity contribution is -0.115. The van der Waals surface area contributed by atoms with Crippen LogP contribution in [0.4, 0.5) is 15.8 Å². The molecule has 4 heteroatoms. The molecule has 0 atom stereocenters. The minimum atomic E-state index is -0.428. The monoisotopic (exact) mass is 300 g/mol. The molecule has 0 unspecified atom stereocenters. The Kier molecular flexibility index (Phi) is 5.15. The van der Waals surface area contributed by atoms with E-state index in [1.54, 1.807) is 18.2 Å². The third-order valence-electron chi connectivity index (χ3n) is 3.51. The van der Waals surface area contributed by atoms with E-state index in [9.17, 15) is 9.18 Å². The Morgan fingerprint density at radius 2 is 1.77 bits per heavy atom. The minimum Gasteiger partial charge on any atom is -0.360 e. The fraction of sp³-hybridized carbons (Fsp3) is 0.278. The summed E-state index contributed by atoms with van der Waals surface area (Å²) in [5, 5.41) is 2.63. The highest BCUT2D eigenvalue weighted by Crippen LogP contribution is 2.21. The van der Waals surface area contributed by atoms with Crippen LogP contribution in [-0.4, -0.2) is 18.5 Å². The molecule has 0 saturated heterocycles. The van der Waals surface area contributed by atoms with E-state index in [1.807, 2.05) is 49.9 Å². The van der Waals surface area contributed by atoms with Gasteiger partial charge in [0.1, 0.15) is 5.82 Å². The Labute approximate surface area is 130 Å². The number of carbonyl (C=O) groups is 1. The van der Waals surface area contributed by atoms with Crippen LogP contribution in [0.15, 0.2) is 48.5 Å². The standard InChI is InChI=1S/C18H21FN2O/c1-13(2)21(17-11-7-4-8-14(17)3)12-18(22)20-16-10-6-5-9-15(16)19/h4-11,13H,12H2,1-3H3,(H,20,22). The fourth-order valence-corrected chi connectivity index (χ4v) is 2.34. The minimum absolute atomic E-state index is 0.160. The Bertz CT molecular complexity index is 655. The van der Waals surface area contributed by atoms with Gasteiger partial charge in [0.15, 0.2) is 0 Å². The molecule has 0 aliphatic rings. The number of aryl methyl sites for hydroxylation is 1. The normalized spacial score (nSPS) is 10.6. The molecule has 0 fully saturated rings. The van der Waals surface area contributed by atoms with Gasteiger partial charge in [-0.1, -0.05) is 30.3 Å². The maximum Gasteiger partial charge on any atom is 0.243 e. The number of halogens is 1. The predicted octanol–water partition coefficient (Wildman–Crippen LogP) is 3.99. The van der Waals surface area contributed by atoms with Crippen LogP contribution in [-0.2, 0) is 4.79 Å². The van der Waals surface area contributed by atoms with Crippen molar-refractivity contribution in [1.82, 2.24) is 0 Å². The molecule has 0 aliphatic heterocycles. The number of hydrogen-bond donors (Lipinski definition) is 1. The predicted molar refractivity (Wildman–Crippen MR) is 88.7 cm³/mol. The van der Waals surface area contributed by atoms with Gasteiger partial charge in [0.25, 0.3) is 0 Å². The van der Waals surface area contributed by atoms with E-state index >= 15 is 0 Å². The van der Waals surface area contributed by atoms with E-state index in [0.29, 0.717) is 0 Å². The number of nitrogens with zero attached hydrogens (tertiary/aromatic N) is 1. The zero-order valence-corrected chi connectivity index (χ0v) is 13.1. The molecule has 0 aromatic heterocycles. The highest BCUT2D eigenvalue weighted by atomic mass is 19.1. The average Bonchev–Trinajstić information content (AvgIpc) is 2.48. The van der Waals surface area contributed by atoms with Crippen LogP contribution in [0.2, 0.25) is 0 Å². The summed E-state index contributed by atoms with van der Waals surface area (Å²) < 4.78 is 13.6. The van der Waals surface area contributed by atoms with Crippen LogP contribution in [0.1, 0.15) is 19.4 Å². The molecule has 0 radical (unpaired) electrons. The van der Waals surface area contributed by atoms with Gasteiger partial charge in [-0.3, -0.25) is 4.79 Å². The van der Waals surface area contributed by atoms with Crippen molar-refractivity contribution in [2.24, 2.45) is 0 Å². The van der Waals surface area contributed by atoms with Crippen molar-refractivity contribution in [1.29, 1.82) is 0 Å². The Morgan fingerprint density at radius 1 is 1.14 bits per heavy atom. The molecule has 1 N–H and O–H groups in total. The molecule has 22 heavy (non-hydrogen) atoms. The highest BCUT2D eigenvalue weighted by molar-refractivity contribution is 5.94. The third kappa shape index (κ3) is 3.85. The van der Waals surface area contributed by atoms with E-state index in [-0.39, 0.29) is 24.2 Å². The van der Waals surface area contributed by atoms with Crippen LogP contribution < -0.4 is 10.2 Å². The van der Waals surface area contributed by atoms with Crippen molar-refractivity contribution in [3.8, 4) is 0 Å². The molecule has 0 saturated carbocycles. The highest BCUT2D eigenvalue weighted by Gasteiger charge is 2.17. The number of nitrogens with one attached hydrogen (secondary N) is 1.